The van der Waals surface area contributed by atoms with Crippen LogP contribution in [-0.2, 0) is 0 Å². The quantitative estimate of drug-likeness (QED) is 0.855. The van der Waals surface area contributed by atoms with E-state index in [0.717, 1.165) is 11.8 Å². The van der Waals surface area contributed by atoms with Crippen molar-refractivity contribution in [3.05, 3.63) is 52.8 Å². The first-order chi connectivity index (χ1) is 9.88. The lowest BCUT2D eigenvalue weighted by Crippen LogP contribution is -2.17. The van der Waals surface area contributed by atoms with Gasteiger partial charge in [-0.15, -0.1) is 0 Å². The minimum atomic E-state index is -0.666. The molecule has 0 unspecified atom stereocenters. The zero-order valence-corrected chi connectivity index (χ0v) is 12.4. The Bertz CT molecular complexity index is 689. The van der Waals surface area contributed by atoms with Gasteiger partial charge in [0.1, 0.15) is 5.82 Å². The van der Waals surface area contributed by atoms with E-state index in [4.69, 9.17) is 17.3 Å². The van der Waals surface area contributed by atoms with Gasteiger partial charge in [-0.3, -0.25) is 4.79 Å². The fourth-order valence-electron chi connectivity index (χ4n) is 1.90. The molecule has 0 spiro atoms. The van der Waals surface area contributed by atoms with Crippen LogP contribution in [0.4, 0.5) is 21.5 Å². The standard InChI is InChI=1S/C15H15ClFN3O/c1-20(2)14-6-3-9(16)7-13(14)19-15(21)11-5-4-10(18)8-12(11)17/h3-8H,18H2,1-2H3,(H,19,21). The number of amides is 1. The Morgan fingerprint density at radius 1 is 1.24 bits per heavy atom. The van der Waals surface area contributed by atoms with E-state index in [1.54, 1.807) is 18.2 Å². The molecule has 0 bridgehead atoms. The molecule has 0 saturated carbocycles. The van der Waals surface area contributed by atoms with E-state index < -0.39 is 11.7 Å². The second-order valence-electron chi connectivity index (χ2n) is 4.75. The van der Waals surface area contributed by atoms with Gasteiger partial charge in [0.15, 0.2) is 0 Å². The Hall–Kier alpha value is -2.27. The zero-order valence-electron chi connectivity index (χ0n) is 11.7. The molecule has 0 radical (unpaired) electrons. The highest BCUT2D eigenvalue weighted by Crippen LogP contribution is 2.28. The summed E-state index contributed by atoms with van der Waals surface area (Å²) in [6, 6.07) is 9.04. The molecular formula is C15H15ClFN3O. The number of halogens is 2. The number of nitrogens with zero attached hydrogens (tertiary/aromatic N) is 1. The van der Waals surface area contributed by atoms with Crippen LogP contribution in [0.1, 0.15) is 10.4 Å². The highest BCUT2D eigenvalue weighted by atomic mass is 35.5. The van der Waals surface area contributed by atoms with Crippen molar-refractivity contribution in [3.63, 3.8) is 0 Å². The molecule has 0 fully saturated rings. The van der Waals surface area contributed by atoms with Gasteiger partial charge in [0, 0.05) is 24.8 Å². The first-order valence-electron chi connectivity index (χ1n) is 6.21. The van der Waals surface area contributed by atoms with E-state index in [1.165, 1.54) is 12.1 Å². The molecule has 0 aliphatic heterocycles. The number of nitrogen functional groups attached to an aromatic ring is 1. The fourth-order valence-corrected chi connectivity index (χ4v) is 2.08. The van der Waals surface area contributed by atoms with Gasteiger partial charge in [-0.05, 0) is 36.4 Å². The van der Waals surface area contributed by atoms with Gasteiger partial charge in [0.2, 0.25) is 0 Å². The summed E-state index contributed by atoms with van der Waals surface area (Å²) >= 11 is 5.94. The number of nitrogens with one attached hydrogen (secondary N) is 1. The van der Waals surface area contributed by atoms with Crippen LogP contribution in [0.2, 0.25) is 5.02 Å². The first kappa shape index (κ1) is 15.1. The lowest BCUT2D eigenvalue weighted by atomic mass is 10.1. The van der Waals surface area contributed by atoms with Crippen LogP contribution < -0.4 is 16.0 Å². The molecule has 6 heteroatoms. The number of rotatable bonds is 3. The summed E-state index contributed by atoms with van der Waals surface area (Å²) < 4.78 is 13.8. The molecule has 3 N–H and O–H groups in total. The highest BCUT2D eigenvalue weighted by Gasteiger charge is 2.14. The van der Waals surface area contributed by atoms with E-state index in [-0.39, 0.29) is 11.3 Å². The van der Waals surface area contributed by atoms with Crippen LogP contribution >= 0.6 is 11.6 Å². The van der Waals surface area contributed by atoms with Gasteiger partial charge in [-0.1, -0.05) is 11.6 Å². The van der Waals surface area contributed by atoms with Gasteiger partial charge >= 0.3 is 0 Å². The highest BCUT2D eigenvalue weighted by molar-refractivity contribution is 6.31. The predicted octanol–water partition coefficient (Wildman–Crippen LogP) is 3.38. The molecule has 0 saturated heterocycles. The van der Waals surface area contributed by atoms with Crippen LogP contribution in [0.5, 0.6) is 0 Å². The summed E-state index contributed by atoms with van der Waals surface area (Å²) in [4.78, 5) is 14.0. The van der Waals surface area contributed by atoms with Crippen molar-refractivity contribution >= 4 is 34.6 Å². The topological polar surface area (TPSA) is 58.4 Å². The monoisotopic (exact) mass is 307 g/mol. The van der Waals surface area contributed by atoms with Crippen molar-refractivity contribution in [1.29, 1.82) is 0 Å². The van der Waals surface area contributed by atoms with Crippen LogP contribution in [-0.4, -0.2) is 20.0 Å². The molecule has 0 aromatic heterocycles. The molecule has 1 amide bonds. The molecule has 0 heterocycles. The molecule has 21 heavy (non-hydrogen) atoms. The summed E-state index contributed by atoms with van der Waals surface area (Å²) in [6.07, 6.45) is 0. The lowest BCUT2D eigenvalue weighted by Gasteiger charge is -2.18. The van der Waals surface area contributed by atoms with Crippen molar-refractivity contribution in [2.45, 2.75) is 0 Å². The summed E-state index contributed by atoms with van der Waals surface area (Å²) in [5.41, 5.74) is 6.93. The second-order valence-corrected chi connectivity index (χ2v) is 5.19. The van der Waals surface area contributed by atoms with E-state index in [0.29, 0.717) is 10.7 Å². The Kier molecular flexibility index (Phi) is 4.33. The van der Waals surface area contributed by atoms with Crippen molar-refractivity contribution in [3.8, 4) is 0 Å². The largest absolute Gasteiger partial charge is 0.399 e. The molecule has 0 aliphatic rings. The lowest BCUT2D eigenvalue weighted by molar-refractivity contribution is 0.102. The Labute approximate surface area is 127 Å². The normalized spacial score (nSPS) is 10.3. The third-order valence-electron chi connectivity index (χ3n) is 2.93. The maximum absolute atomic E-state index is 13.8. The molecule has 2 aromatic rings. The van der Waals surface area contributed by atoms with Crippen LogP contribution in [0.25, 0.3) is 0 Å². The van der Waals surface area contributed by atoms with Gasteiger partial charge < -0.3 is 16.0 Å². The number of anilines is 3. The number of hydrogen-bond acceptors (Lipinski definition) is 3. The van der Waals surface area contributed by atoms with Crippen LogP contribution in [0.3, 0.4) is 0 Å². The molecule has 2 rings (SSSR count). The minimum Gasteiger partial charge on any atom is -0.399 e. The van der Waals surface area contributed by atoms with Crippen molar-refractivity contribution < 1.29 is 9.18 Å². The van der Waals surface area contributed by atoms with Gasteiger partial charge in [0.05, 0.1) is 16.9 Å². The zero-order chi connectivity index (χ0) is 15.6. The SMILES string of the molecule is CN(C)c1ccc(Cl)cc1NC(=O)c1ccc(N)cc1F. The van der Waals surface area contributed by atoms with Crippen molar-refractivity contribution in [2.24, 2.45) is 0 Å². The molecular weight excluding hydrogens is 293 g/mol. The maximum atomic E-state index is 13.8. The summed E-state index contributed by atoms with van der Waals surface area (Å²) in [6.45, 7) is 0. The predicted molar refractivity (Wildman–Crippen MR) is 84.5 cm³/mol. The van der Waals surface area contributed by atoms with E-state index in [9.17, 15) is 9.18 Å². The first-order valence-corrected chi connectivity index (χ1v) is 6.59. The number of nitrogens with two attached hydrogens (primary N) is 1. The molecule has 110 valence electrons. The Morgan fingerprint density at radius 3 is 2.57 bits per heavy atom. The smallest absolute Gasteiger partial charge is 0.258 e. The Morgan fingerprint density at radius 2 is 1.95 bits per heavy atom. The molecule has 0 atom stereocenters. The van der Waals surface area contributed by atoms with E-state index in [2.05, 4.69) is 5.32 Å². The third kappa shape index (κ3) is 3.44. The number of benzene rings is 2. The number of carbonyl (C=O) groups is 1. The van der Waals surface area contributed by atoms with E-state index in [1.807, 2.05) is 19.0 Å². The molecule has 4 nitrogen and oxygen atoms in total. The van der Waals surface area contributed by atoms with Crippen molar-refractivity contribution in [1.82, 2.24) is 0 Å². The molecule has 0 aliphatic carbocycles. The fraction of sp³-hybridized carbons (Fsp3) is 0.133. The van der Waals surface area contributed by atoms with Crippen LogP contribution in [0.15, 0.2) is 36.4 Å². The van der Waals surface area contributed by atoms with E-state index >= 15 is 0 Å². The van der Waals surface area contributed by atoms with Gasteiger partial charge in [-0.2, -0.15) is 0 Å². The Balaban J connectivity index is 2.33. The third-order valence-corrected chi connectivity index (χ3v) is 3.16. The van der Waals surface area contributed by atoms with Gasteiger partial charge in [-0.25, -0.2) is 4.39 Å². The average Bonchev–Trinajstić information content (AvgIpc) is 2.37. The van der Waals surface area contributed by atoms with Crippen molar-refractivity contribution in [2.75, 3.05) is 30.0 Å². The minimum absolute atomic E-state index is 0.0751. The second kappa shape index (κ2) is 6.01. The summed E-state index contributed by atoms with van der Waals surface area (Å²) in [7, 11) is 3.67. The number of hydrogen-bond donors (Lipinski definition) is 2. The average molecular weight is 308 g/mol. The number of carbonyl (C=O) groups excluding carboxylic acids is 1. The maximum Gasteiger partial charge on any atom is 0.258 e. The summed E-state index contributed by atoms with van der Waals surface area (Å²) in [5.74, 6) is -1.22. The molecule has 2 aromatic carbocycles. The summed E-state index contributed by atoms with van der Waals surface area (Å²) in [5, 5.41) is 3.14. The van der Waals surface area contributed by atoms with Crippen LogP contribution in [0, 0.1) is 5.82 Å². The van der Waals surface area contributed by atoms with Gasteiger partial charge in [0.25, 0.3) is 5.91 Å².